The number of likely N-dealkylation sites (N-methyl/N-ethyl adjacent to an activating group) is 1. The van der Waals surface area contributed by atoms with E-state index in [-0.39, 0.29) is 36.8 Å². The zero-order chi connectivity index (χ0) is 17.6. The molecule has 8 heteroatoms. The van der Waals surface area contributed by atoms with Gasteiger partial charge in [0.25, 0.3) is 0 Å². The van der Waals surface area contributed by atoms with Gasteiger partial charge in [-0.15, -0.1) is 24.8 Å². The summed E-state index contributed by atoms with van der Waals surface area (Å²) in [6.07, 6.45) is 5.91. The van der Waals surface area contributed by atoms with Crippen LogP contribution in [0.15, 0.2) is 0 Å². The zero-order valence-corrected chi connectivity index (χ0v) is 18.2. The number of carbonyl (C=O) groups is 2. The average Bonchev–Trinajstić information content (AvgIpc) is 2.68. The van der Waals surface area contributed by atoms with Gasteiger partial charge in [0.05, 0.1) is 6.04 Å². The number of hydrogen-bond acceptors (Lipinski definition) is 4. The van der Waals surface area contributed by atoms with Gasteiger partial charge in [0, 0.05) is 45.7 Å². The number of amides is 2. The standard InChI is InChI=1S/C19H34N4O2.2ClH/c1-2-21-11-13-22(14-12-21)18(24)15-16-6-9-23(10-7-16)19(25)17-5-3-4-8-20-17;;/h16-17,20H,2-15H2,1H3;2*1H/t17-;;/m1../s1. The SMILES string of the molecule is CCN1CCN(C(=O)CC2CCN(C(=O)[C@H]3CCCCN3)CC2)CC1.Cl.Cl. The first kappa shape index (κ1) is 24.5. The van der Waals surface area contributed by atoms with E-state index in [4.69, 9.17) is 0 Å². The Labute approximate surface area is 176 Å². The predicted molar refractivity (Wildman–Crippen MR) is 113 cm³/mol. The molecular formula is C19H36Cl2N4O2. The van der Waals surface area contributed by atoms with Crippen molar-refractivity contribution in [3.63, 3.8) is 0 Å². The molecule has 27 heavy (non-hydrogen) atoms. The minimum Gasteiger partial charge on any atom is -0.341 e. The van der Waals surface area contributed by atoms with Gasteiger partial charge in [-0.1, -0.05) is 13.3 Å². The summed E-state index contributed by atoms with van der Waals surface area (Å²) in [5, 5.41) is 3.35. The van der Waals surface area contributed by atoms with E-state index in [0.29, 0.717) is 18.2 Å². The van der Waals surface area contributed by atoms with E-state index in [1.807, 2.05) is 9.80 Å². The van der Waals surface area contributed by atoms with Gasteiger partial charge in [-0.25, -0.2) is 0 Å². The largest absolute Gasteiger partial charge is 0.341 e. The van der Waals surface area contributed by atoms with Crippen LogP contribution in [0, 0.1) is 5.92 Å². The maximum Gasteiger partial charge on any atom is 0.239 e. The highest BCUT2D eigenvalue weighted by molar-refractivity contribution is 5.85. The second-order valence-electron chi connectivity index (χ2n) is 7.79. The Hall–Kier alpha value is -0.560. The van der Waals surface area contributed by atoms with Crippen molar-refractivity contribution in [3.05, 3.63) is 0 Å². The van der Waals surface area contributed by atoms with Gasteiger partial charge >= 0.3 is 0 Å². The normalized spacial score (nSPS) is 24.7. The topological polar surface area (TPSA) is 55.9 Å². The molecule has 2 amide bonds. The number of carbonyl (C=O) groups excluding carboxylic acids is 2. The summed E-state index contributed by atoms with van der Waals surface area (Å²) in [7, 11) is 0. The molecule has 3 heterocycles. The molecule has 0 saturated carbocycles. The van der Waals surface area contributed by atoms with Crippen molar-refractivity contribution in [1.29, 1.82) is 0 Å². The minimum atomic E-state index is 0. The van der Waals surface area contributed by atoms with Crippen LogP contribution in [0.5, 0.6) is 0 Å². The molecule has 3 saturated heterocycles. The van der Waals surface area contributed by atoms with Crippen molar-refractivity contribution in [2.24, 2.45) is 5.92 Å². The number of piperidine rings is 2. The number of nitrogens with zero attached hydrogens (tertiary/aromatic N) is 3. The quantitative estimate of drug-likeness (QED) is 0.749. The molecule has 1 atom stereocenters. The zero-order valence-electron chi connectivity index (χ0n) is 16.5. The summed E-state index contributed by atoms with van der Waals surface area (Å²) in [4.78, 5) is 31.6. The highest BCUT2D eigenvalue weighted by Crippen LogP contribution is 2.23. The molecular weight excluding hydrogens is 387 g/mol. The molecule has 0 aromatic heterocycles. The number of halogens is 2. The second-order valence-corrected chi connectivity index (χ2v) is 7.79. The lowest BCUT2D eigenvalue weighted by atomic mass is 9.92. The molecule has 3 aliphatic rings. The van der Waals surface area contributed by atoms with Gasteiger partial charge in [-0.2, -0.15) is 0 Å². The van der Waals surface area contributed by atoms with Crippen LogP contribution in [0.3, 0.4) is 0 Å². The molecule has 0 unspecified atom stereocenters. The minimum absolute atomic E-state index is 0. The highest BCUT2D eigenvalue weighted by atomic mass is 35.5. The fourth-order valence-electron chi connectivity index (χ4n) is 4.33. The summed E-state index contributed by atoms with van der Waals surface area (Å²) in [5.41, 5.74) is 0. The summed E-state index contributed by atoms with van der Waals surface area (Å²) < 4.78 is 0. The monoisotopic (exact) mass is 422 g/mol. The Kier molecular flexibility index (Phi) is 11.0. The van der Waals surface area contributed by atoms with Crippen molar-refractivity contribution >= 4 is 36.6 Å². The summed E-state index contributed by atoms with van der Waals surface area (Å²) in [5.74, 6) is 1.04. The molecule has 0 aromatic rings. The van der Waals surface area contributed by atoms with Crippen molar-refractivity contribution in [1.82, 2.24) is 20.0 Å². The Bertz CT molecular complexity index is 459. The number of hydrogen-bond donors (Lipinski definition) is 1. The van der Waals surface area contributed by atoms with Gasteiger partial charge < -0.3 is 20.0 Å². The van der Waals surface area contributed by atoms with Crippen LogP contribution in [0.4, 0.5) is 0 Å². The summed E-state index contributed by atoms with van der Waals surface area (Å²) >= 11 is 0. The highest BCUT2D eigenvalue weighted by Gasteiger charge is 2.30. The number of rotatable bonds is 4. The van der Waals surface area contributed by atoms with E-state index in [9.17, 15) is 9.59 Å². The lowest BCUT2D eigenvalue weighted by Gasteiger charge is -2.37. The van der Waals surface area contributed by atoms with E-state index < -0.39 is 0 Å². The molecule has 0 aliphatic carbocycles. The van der Waals surface area contributed by atoms with E-state index >= 15 is 0 Å². The molecule has 0 bridgehead atoms. The fourth-order valence-corrected chi connectivity index (χ4v) is 4.33. The molecule has 0 aromatic carbocycles. The maximum absolute atomic E-state index is 12.6. The van der Waals surface area contributed by atoms with Crippen LogP contribution in [-0.4, -0.2) is 84.9 Å². The lowest BCUT2D eigenvalue weighted by Crippen LogP contribution is -2.51. The summed E-state index contributed by atoms with van der Waals surface area (Å²) in [6.45, 7) is 9.60. The van der Waals surface area contributed by atoms with Crippen molar-refractivity contribution in [3.8, 4) is 0 Å². The Morgan fingerprint density at radius 1 is 0.889 bits per heavy atom. The lowest BCUT2D eigenvalue weighted by molar-refractivity contribution is -0.136. The van der Waals surface area contributed by atoms with E-state index in [1.165, 1.54) is 6.42 Å². The number of nitrogens with one attached hydrogen (secondary N) is 1. The summed E-state index contributed by atoms with van der Waals surface area (Å²) in [6, 6.07) is 0.0294. The molecule has 3 aliphatic heterocycles. The number of likely N-dealkylation sites (tertiary alicyclic amines) is 1. The third-order valence-corrected chi connectivity index (χ3v) is 6.17. The van der Waals surface area contributed by atoms with E-state index in [2.05, 4.69) is 17.1 Å². The van der Waals surface area contributed by atoms with Crippen molar-refractivity contribution in [2.75, 3.05) is 52.4 Å². The van der Waals surface area contributed by atoms with Crippen LogP contribution in [0.2, 0.25) is 0 Å². The first-order valence-electron chi connectivity index (χ1n) is 10.2. The van der Waals surface area contributed by atoms with Crippen LogP contribution < -0.4 is 5.32 Å². The van der Waals surface area contributed by atoms with Crippen LogP contribution in [0.1, 0.15) is 45.4 Å². The fraction of sp³-hybridized carbons (Fsp3) is 0.895. The molecule has 3 fully saturated rings. The van der Waals surface area contributed by atoms with Gasteiger partial charge in [0.15, 0.2) is 0 Å². The Balaban J connectivity index is 0.00000182. The van der Waals surface area contributed by atoms with E-state index in [0.717, 1.165) is 78.0 Å². The maximum atomic E-state index is 12.6. The third kappa shape index (κ3) is 6.77. The van der Waals surface area contributed by atoms with Crippen LogP contribution in [0.25, 0.3) is 0 Å². The van der Waals surface area contributed by atoms with Crippen molar-refractivity contribution < 1.29 is 9.59 Å². The van der Waals surface area contributed by atoms with Gasteiger partial charge in [-0.3, -0.25) is 9.59 Å². The van der Waals surface area contributed by atoms with Gasteiger partial charge in [-0.05, 0) is 44.7 Å². The molecule has 3 rings (SSSR count). The van der Waals surface area contributed by atoms with Gasteiger partial charge in [0.1, 0.15) is 0 Å². The molecule has 0 spiro atoms. The van der Waals surface area contributed by atoms with E-state index in [1.54, 1.807) is 0 Å². The molecule has 0 radical (unpaired) electrons. The second kappa shape index (κ2) is 12.1. The molecule has 158 valence electrons. The first-order valence-corrected chi connectivity index (χ1v) is 10.2. The third-order valence-electron chi connectivity index (χ3n) is 6.17. The van der Waals surface area contributed by atoms with Crippen molar-refractivity contribution in [2.45, 2.75) is 51.5 Å². The first-order chi connectivity index (χ1) is 12.2. The molecule has 1 N–H and O–H groups in total. The van der Waals surface area contributed by atoms with Crippen LogP contribution >= 0.6 is 24.8 Å². The average molecular weight is 423 g/mol. The Morgan fingerprint density at radius 2 is 1.56 bits per heavy atom. The molecule has 6 nitrogen and oxygen atoms in total. The Morgan fingerprint density at radius 3 is 2.11 bits per heavy atom. The number of piperazine rings is 1. The predicted octanol–water partition coefficient (Wildman–Crippen LogP) is 1.76. The van der Waals surface area contributed by atoms with Gasteiger partial charge in [0.2, 0.25) is 11.8 Å². The van der Waals surface area contributed by atoms with Crippen LogP contribution in [-0.2, 0) is 9.59 Å². The smallest absolute Gasteiger partial charge is 0.239 e.